The molecule has 0 aromatic heterocycles. The third-order valence-corrected chi connectivity index (χ3v) is 18.4. The molecule has 0 heterocycles. The van der Waals surface area contributed by atoms with Gasteiger partial charge in [0.1, 0.15) is 46.0 Å². The van der Waals surface area contributed by atoms with E-state index < -0.39 is 5.41 Å². The minimum absolute atomic E-state index is 0.105. The van der Waals surface area contributed by atoms with Crippen molar-refractivity contribution in [3.63, 3.8) is 0 Å². The van der Waals surface area contributed by atoms with Crippen molar-refractivity contribution in [1.82, 2.24) is 0 Å². The standard InChI is InChI=1S/C81H70N4O8/c1-86-65-29-9-53(10-30-65)82(54-11-31-66(87-2)32-12-54)61-25-45-73-74-46-26-62(83(55-13-33-67(88-3)34-14-55)56-15-35-68(89-4)36-16-56)50-78(74)81(77(73)49-61)79-51-63(84(57-17-37-69(90-5)38-18-57)58-19-39-70(91-6)40-20-58)27-47-75(79)76-48-28-64(52-80(76)81)85(59-21-41-71(92-7)42-22-59)60-23-43-72(93-8)44-24-60/h9-52,73,77H,1-8H3. The predicted molar refractivity (Wildman–Crippen MR) is 373 cm³/mol. The molecule has 0 amide bonds. The molecule has 12 heteroatoms. The minimum Gasteiger partial charge on any atom is -0.497 e. The molecule has 3 aliphatic rings. The SMILES string of the molecule is COc1ccc(N(C2=CC3C(C=C2)c2ccc(N(c4ccc(OC)cc4)c4ccc(OC)cc4)cc2C32c3cc(N(c4ccc(OC)cc4)c4ccc(OC)cc4)ccc3-c3ccc(N(c4ccc(OC)cc4)c4ccc(OC)cc4)cc32)c2ccc(OC)cc2)cc1. The van der Waals surface area contributed by atoms with E-state index in [-0.39, 0.29) is 11.8 Å². The maximum absolute atomic E-state index is 5.76. The summed E-state index contributed by atoms with van der Waals surface area (Å²) in [6, 6.07) is 87.5. The molecule has 2 atom stereocenters. The topological polar surface area (TPSA) is 86.8 Å². The molecule has 462 valence electrons. The van der Waals surface area contributed by atoms with Crippen LogP contribution in [-0.2, 0) is 5.41 Å². The van der Waals surface area contributed by atoms with E-state index in [1.165, 1.54) is 11.1 Å². The first-order valence-corrected chi connectivity index (χ1v) is 30.9. The van der Waals surface area contributed by atoms with Crippen molar-refractivity contribution < 1.29 is 37.9 Å². The summed E-state index contributed by atoms with van der Waals surface area (Å²) >= 11 is 0. The van der Waals surface area contributed by atoms with Gasteiger partial charge >= 0.3 is 0 Å². The van der Waals surface area contributed by atoms with Crippen LogP contribution in [0.2, 0.25) is 0 Å². The van der Waals surface area contributed by atoms with Gasteiger partial charge in [-0.05, 0) is 270 Å². The zero-order valence-corrected chi connectivity index (χ0v) is 53.1. The van der Waals surface area contributed by atoms with Gasteiger partial charge in [0, 0.05) is 80.1 Å². The molecule has 0 N–H and O–H groups in total. The third kappa shape index (κ3) is 10.6. The molecule has 0 radical (unpaired) electrons. The first-order valence-electron chi connectivity index (χ1n) is 30.9. The molecule has 1 spiro atoms. The second kappa shape index (κ2) is 25.1. The van der Waals surface area contributed by atoms with E-state index in [4.69, 9.17) is 37.9 Å². The van der Waals surface area contributed by atoms with E-state index in [0.29, 0.717) is 0 Å². The van der Waals surface area contributed by atoms with Gasteiger partial charge in [0.2, 0.25) is 0 Å². The summed E-state index contributed by atoms with van der Waals surface area (Å²) in [7, 11) is 13.6. The van der Waals surface area contributed by atoms with Crippen LogP contribution in [0.1, 0.15) is 28.2 Å². The van der Waals surface area contributed by atoms with Gasteiger partial charge in [-0.2, -0.15) is 0 Å². The molecular weight excluding hydrogens is 1160 g/mol. The summed E-state index contributed by atoms with van der Waals surface area (Å²) in [5, 5.41) is 0. The highest BCUT2D eigenvalue weighted by molar-refractivity contribution is 5.93. The number of hydrogen-bond donors (Lipinski definition) is 0. The van der Waals surface area contributed by atoms with Crippen molar-refractivity contribution in [2.24, 2.45) is 5.92 Å². The third-order valence-electron chi connectivity index (χ3n) is 18.4. The first kappa shape index (κ1) is 59.1. The fourth-order valence-electron chi connectivity index (χ4n) is 13.9. The van der Waals surface area contributed by atoms with Crippen LogP contribution < -0.4 is 57.5 Å². The number of fused-ring (bicyclic) bond motifs is 10. The van der Waals surface area contributed by atoms with Crippen LogP contribution >= 0.6 is 0 Å². The van der Waals surface area contributed by atoms with Crippen molar-refractivity contribution in [1.29, 1.82) is 0 Å². The lowest BCUT2D eigenvalue weighted by Gasteiger charge is -2.39. The van der Waals surface area contributed by atoms with Crippen molar-refractivity contribution in [2.45, 2.75) is 11.3 Å². The van der Waals surface area contributed by atoms with E-state index in [0.717, 1.165) is 137 Å². The second-order valence-corrected chi connectivity index (χ2v) is 23.0. The molecule has 11 aromatic rings. The molecular formula is C81H70N4O8. The summed E-state index contributed by atoms with van der Waals surface area (Å²) in [6.45, 7) is 0. The summed E-state index contributed by atoms with van der Waals surface area (Å²) in [6.07, 6.45) is 7.28. The van der Waals surface area contributed by atoms with Crippen LogP contribution in [0.15, 0.2) is 273 Å². The number of benzene rings is 11. The Balaban J connectivity index is 1.08. The smallest absolute Gasteiger partial charge is 0.119 e. The molecule has 3 aliphatic carbocycles. The lowest BCUT2D eigenvalue weighted by Crippen LogP contribution is -2.35. The Hall–Kier alpha value is -11.5. The number of hydrogen-bond acceptors (Lipinski definition) is 12. The van der Waals surface area contributed by atoms with Gasteiger partial charge in [-0.25, -0.2) is 0 Å². The normalized spacial score (nSPS) is 14.3. The number of nitrogens with zero attached hydrogens (tertiary/aromatic N) is 4. The maximum atomic E-state index is 5.76. The highest BCUT2D eigenvalue weighted by Crippen LogP contribution is 2.67. The Morgan fingerprint density at radius 2 is 0.495 bits per heavy atom. The second-order valence-electron chi connectivity index (χ2n) is 23.0. The summed E-state index contributed by atoms with van der Waals surface area (Å²) in [4.78, 5) is 9.32. The zero-order chi connectivity index (χ0) is 63.7. The fraction of sp³-hybridized carbons (Fsp3) is 0.136. The van der Waals surface area contributed by atoms with E-state index in [2.05, 4.69) is 189 Å². The molecule has 0 fully saturated rings. The van der Waals surface area contributed by atoms with Crippen molar-refractivity contribution >= 4 is 62.6 Å². The molecule has 14 rings (SSSR count). The van der Waals surface area contributed by atoms with Crippen molar-refractivity contribution in [3.8, 4) is 57.1 Å². The number of rotatable bonds is 20. The quantitative estimate of drug-likeness (QED) is 0.0728. The van der Waals surface area contributed by atoms with Gasteiger partial charge in [0.25, 0.3) is 0 Å². The average Bonchev–Trinajstić information content (AvgIpc) is 1.51. The Bertz CT molecular complexity index is 4200. The Morgan fingerprint density at radius 3 is 0.763 bits per heavy atom. The summed E-state index contributed by atoms with van der Waals surface area (Å²) in [5.41, 5.74) is 17.7. The number of ether oxygens (including phenoxy) is 8. The average molecular weight is 1230 g/mol. The molecule has 0 aliphatic heterocycles. The number of allylic oxidation sites excluding steroid dienone is 3. The molecule has 93 heavy (non-hydrogen) atoms. The van der Waals surface area contributed by atoms with Gasteiger partial charge in [0.15, 0.2) is 0 Å². The molecule has 0 saturated carbocycles. The monoisotopic (exact) mass is 1230 g/mol. The van der Waals surface area contributed by atoms with Crippen LogP contribution in [0, 0.1) is 5.92 Å². The van der Waals surface area contributed by atoms with E-state index in [1.54, 1.807) is 56.9 Å². The lowest BCUT2D eigenvalue weighted by molar-refractivity contribution is 0.414. The van der Waals surface area contributed by atoms with Crippen molar-refractivity contribution in [3.05, 3.63) is 295 Å². The van der Waals surface area contributed by atoms with E-state index in [1.807, 2.05) is 97.1 Å². The van der Waals surface area contributed by atoms with Gasteiger partial charge in [-0.15, -0.1) is 0 Å². The maximum Gasteiger partial charge on any atom is 0.119 e. The number of anilines is 11. The van der Waals surface area contributed by atoms with E-state index >= 15 is 0 Å². The first-order chi connectivity index (χ1) is 45.7. The van der Waals surface area contributed by atoms with Crippen LogP contribution in [0.3, 0.4) is 0 Å². The largest absolute Gasteiger partial charge is 0.497 e. The Labute approximate surface area is 543 Å². The van der Waals surface area contributed by atoms with Gasteiger partial charge in [-0.3, -0.25) is 0 Å². The Kier molecular flexibility index (Phi) is 15.9. The minimum atomic E-state index is -0.892. The van der Waals surface area contributed by atoms with Gasteiger partial charge < -0.3 is 57.5 Å². The molecule has 2 unspecified atom stereocenters. The fourth-order valence-corrected chi connectivity index (χ4v) is 13.9. The van der Waals surface area contributed by atoms with Crippen LogP contribution in [0.5, 0.6) is 46.0 Å². The summed E-state index contributed by atoms with van der Waals surface area (Å²) in [5.74, 6) is 5.78. The van der Waals surface area contributed by atoms with Gasteiger partial charge in [0.05, 0.1) is 62.3 Å². The summed E-state index contributed by atoms with van der Waals surface area (Å²) < 4.78 is 46.0. The zero-order valence-electron chi connectivity index (χ0n) is 53.1. The van der Waals surface area contributed by atoms with E-state index in [9.17, 15) is 0 Å². The Morgan fingerprint density at radius 1 is 0.258 bits per heavy atom. The van der Waals surface area contributed by atoms with Gasteiger partial charge in [-0.1, -0.05) is 30.4 Å². The highest BCUT2D eigenvalue weighted by atomic mass is 16.5. The molecule has 0 saturated heterocycles. The molecule has 0 bridgehead atoms. The van der Waals surface area contributed by atoms with Crippen LogP contribution in [-0.4, -0.2) is 56.9 Å². The van der Waals surface area contributed by atoms with Crippen LogP contribution in [0.25, 0.3) is 11.1 Å². The van der Waals surface area contributed by atoms with Crippen LogP contribution in [0.4, 0.5) is 62.6 Å². The molecule has 12 nitrogen and oxygen atoms in total. The number of methoxy groups -OCH3 is 8. The lowest BCUT2D eigenvalue weighted by atomic mass is 9.65. The molecule has 11 aromatic carbocycles. The predicted octanol–water partition coefficient (Wildman–Crippen LogP) is 19.5. The highest BCUT2D eigenvalue weighted by Gasteiger charge is 2.58. The van der Waals surface area contributed by atoms with Crippen molar-refractivity contribution in [2.75, 3.05) is 76.5 Å².